The van der Waals surface area contributed by atoms with Crippen molar-refractivity contribution in [3.63, 3.8) is 0 Å². The van der Waals surface area contributed by atoms with Crippen molar-refractivity contribution in [1.29, 1.82) is 0 Å². The maximum absolute atomic E-state index is 13.5. The van der Waals surface area contributed by atoms with E-state index in [1.807, 2.05) is 73.0 Å². The molecule has 206 valence electrons. The number of hydrogen-bond donors (Lipinski definition) is 2. The molecule has 2 heterocycles. The van der Waals surface area contributed by atoms with Crippen molar-refractivity contribution in [3.05, 3.63) is 117 Å². The van der Waals surface area contributed by atoms with Crippen LogP contribution < -0.4 is 15.0 Å². The van der Waals surface area contributed by atoms with Gasteiger partial charge in [0.15, 0.2) is 5.11 Å². The number of hydrogen-bond acceptors (Lipinski definition) is 5. The Balaban J connectivity index is 1.40. The van der Waals surface area contributed by atoms with Gasteiger partial charge >= 0.3 is 5.97 Å². The number of aryl methyl sites for hydroxylation is 1. The quantitative estimate of drug-likeness (QED) is 0.148. The molecule has 1 aliphatic heterocycles. The maximum atomic E-state index is 13.5. The smallest absolute Gasteiger partial charge is 0.335 e. The lowest BCUT2D eigenvalue weighted by molar-refractivity contribution is -0.122. The number of aromatic carboxylic acids is 1. The Hall–Kier alpha value is -4.54. The molecule has 10 heteroatoms. The summed E-state index contributed by atoms with van der Waals surface area (Å²) in [5.74, 6) is -1.67. The zero-order valence-corrected chi connectivity index (χ0v) is 24.5. The molecule has 0 bridgehead atoms. The molecule has 41 heavy (non-hydrogen) atoms. The van der Waals surface area contributed by atoms with E-state index in [1.165, 1.54) is 24.3 Å². The van der Waals surface area contributed by atoms with E-state index in [2.05, 4.69) is 21.2 Å². The van der Waals surface area contributed by atoms with Gasteiger partial charge in [-0.1, -0.05) is 34.1 Å². The van der Waals surface area contributed by atoms with Crippen molar-refractivity contribution >= 4 is 62.8 Å². The fraction of sp³-hybridized carbons (Fsp3) is 0.0968. The summed E-state index contributed by atoms with van der Waals surface area (Å²) in [6.45, 7) is 4.29. The highest BCUT2D eigenvalue weighted by molar-refractivity contribution is 9.10. The van der Waals surface area contributed by atoms with Crippen molar-refractivity contribution in [3.8, 4) is 11.4 Å². The highest BCUT2D eigenvalue weighted by atomic mass is 79.9. The number of aromatic nitrogens is 1. The van der Waals surface area contributed by atoms with Crippen LogP contribution in [0.3, 0.4) is 0 Å². The molecule has 3 aromatic carbocycles. The summed E-state index contributed by atoms with van der Waals surface area (Å²) in [4.78, 5) is 38.9. The molecule has 8 nitrogen and oxygen atoms in total. The van der Waals surface area contributed by atoms with E-state index in [0.717, 1.165) is 37.8 Å². The topological polar surface area (TPSA) is 101 Å². The number of ether oxygens (including phenoxy) is 1. The third kappa shape index (κ3) is 5.84. The molecule has 2 amide bonds. The van der Waals surface area contributed by atoms with Gasteiger partial charge in [0.25, 0.3) is 11.8 Å². The van der Waals surface area contributed by atoms with Crippen LogP contribution in [0.2, 0.25) is 0 Å². The first-order valence-electron chi connectivity index (χ1n) is 12.5. The molecule has 0 atom stereocenters. The Bertz CT molecular complexity index is 1730. The molecule has 1 aromatic heterocycles. The van der Waals surface area contributed by atoms with Gasteiger partial charge < -0.3 is 14.4 Å². The number of nitrogens with one attached hydrogen (secondary N) is 1. The molecule has 4 aromatic rings. The van der Waals surface area contributed by atoms with Crippen LogP contribution in [-0.2, 0) is 16.2 Å². The molecule has 1 aliphatic rings. The lowest BCUT2D eigenvalue weighted by atomic mass is 10.1. The molecule has 0 unspecified atom stereocenters. The second-order valence-corrected chi connectivity index (χ2v) is 10.7. The largest absolute Gasteiger partial charge is 0.489 e. The van der Waals surface area contributed by atoms with Crippen LogP contribution >= 0.6 is 28.1 Å². The SMILES string of the molecule is Cc1cc(C=C2C(=O)NC(=S)N(c3cccc(C(=O)O)c3)C2=O)c(C)n1-c1ccc(OCc2ccc(Br)cc2)cc1. The molecule has 2 N–H and O–H groups in total. The predicted octanol–water partition coefficient (Wildman–Crippen LogP) is 5.97. The Morgan fingerprint density at radius 3 is 2.39 bits per heavy atom. The summed E-state index contributed by atoms with van der Waals surface area (Å²) >= 11 is 8.68. The van der Waals surface area contributed by atoms with Crippen molar-refractivity contribution in [1.82, 2.24) is 9.88 Å². The number of carboxylic acids is 1. The number of amides is 2. The van der Waals surface area contributed by atoms with Gasteiger partial charge in [-0.3, -0.25) is 19.8 Å². The maximum Gasteiger partial charge on any atom is 0.335 e. The number of rotatable bonds is 7. The van der Waals surface area contributed by atoms with Gasteiger partial charge in [-0.05, 0) is 104 Å². The predicted molar refractivity (Wildman–Crippen MR) is 163 cm³/mol. The summed E-state index contributed by atoms with van der Waals surface area (Å²) in [7, 11) is 0. The summed E-state index contributed by atoms with van der Waals surface area (Å²) in [5.41, 5.74) is 4.50. The summed E-state index contributed by atoms with van der Waals surface area (Å²) < 4.78 is 8.96. The Kier molecular flexibility index (Phi) is 7.87. The number of halogens is 1. The van der Waals surface area contributed by atoms with E-state index in [0.29, 0.717) is 12.2 Å². The van der Waals surface area contributed by atoms with Crippen LogP contribution in [0.4, 0.5) is 5.69 Å². The Morgan fingerprint density at radius 2 is 1.71 bits per heavy atom. The number of carboxylic acid groups (broad SMARTS) is 1. The standard InChI is InChI=1S/C31H24BrN3O5S/c1-18-14-22(16-27-28(36)33-31(41)35(29(27)37)25-5-3-4-21(15-25)30(38)39)19(2)34(18)24-10-12-26(13-11-24)40-17-20-6-8-23(32)9-7-20/h3-16H,17H2,1-2H3,(H,38,39)(H,33,36,41). The first-order chi connectivity index (χ1) is 19.6. The second kappa shape index (κ2) is 11.5. The van der Waals surface area contributed by atoms with E-state index >= 15 is 0 Å². The number of carbonyl (C=O) groups is 3. The summed E-state index contributed by atoms with van der Waals surface area (Å²) in [6, 6.07) is 23.3. The van der Waals surface area contributed by atoms with Gasteiger partial charge in [0.2, 0.25) is 0 Å². The number of carbonyl (C=O) groups excluding carboxylic acids is 2. The Labute approximate surface area is 250 Å². The molecule has 0 saturated carbocycles. The number of thiocarbonyl (C=S) groups is 1. The molecular formula is C31H24BrN3O5S. The molecular weight excluding hydrogens is 606 g/mol. The monoisotopic (exact) mass is 629 g/mol. The average Bonchev–Trinajstić information content (AvgIpc) is 3.23. The third-order valence-electron chi connectivity index (χ3n) is 6.64. The van der Waals surface area contributed by atoms with Gasteiger partial charge in [-0.2, -0.15) is 0 Å². The highest BCUT2D eigenvalue weighted by Gasteiger charge is 2.35. The van der Waals surface area contributed by atoms with E-state index in [4.69, 9.17) is 17.0 Å². The molecule has 0 aliphatic carbocycles. The fourth-order valence-electron chi connectivity index (χ4n) is 4.60. The van der Waals surface area contributed by atoms with Crippen molar-refractivity contribution < 1.29 is 24.2 Å². The minimum absolute atomic E-state index is 0.00573. The molecule has 0 spiro atoms. The van der Waals surface area contributed by atoms with Crippen LogP contribution in [-0.4, -0.2) is 32.6 Å². The van der Waals surface area contributed by atoms with Gasteiger partial charge in [0.1, 0.15) is 17.9 Å². The third-order valence-corrected chi connectivity index (χ3v) is 7.45. The summed E-state index contributed by atoms with van der Waals surface area (Å²) in [6.07, 6.45) is 1.53. The van der Waals surface area contributed by atoms with Gasteiger partial charge in [-0.15, -0.1) is 0 Å². The fourth-order valence-corrected chi connectivity index (χ4v) is 5.14. The first-order valence-corrected chi connectivity index (χ1v) is 13.7. The molecule has 1 fully saturated rings. The molecule has 0 radical (unpaired) electrons. The lowest BCUT2D eigenvalue weighted by Crippen LogP contribution is -2.54. The number of anilines is 1. The van der Waals surface area contributed by atoms with Crippen LogP contribution in [0.5, 0.6) is 5.75 Å². The van der Waals surface area contributed by atoms with E-state index in [9.17, 15) is 19.5 Å². The van der Waals surface area contributed by atoms with Crippen molar-refractivity contribution in [2.75, 3.05) is 4.90 Å². The summed E-state index contributed by atoms with van der Waals surface area (Å²) in [5, 5.41) is 11.8. The van der Waals surface area contributed by atoms with E-state index < -0.39 is 17.8 Å². The number of nitrogens with zero attached hydrogens (tertiary/aromatic N) is 2. The zero-order chi connectivity index (χ0) is 29.3. The zero-order valence-electron chi connectivity index (χ0n) is 22.1. The molecule has 1 saturated heterocycles. The van der Waals surface area contributed by atoms with Crippen LogP contribution in [0.15, 0.2) is 88.9 Å². The van der Waals surface area contributed by atoms with Gasteiger partial charge in [-0.25, -0.2) is 4.79 Å². The van der Waals surface area contributed by atoms with Crippen LogP contribution in [0, 0.1) is 13.8 Å². The van der Waals surface area contributed by atoms with E-state index in [1.54, 1.807) is 6.07 Å². The van der Waals surface area contributed by atoms with Crippen LogP contribution in [0.25, 0.3) is 11.8 Å². The van der Waals surface area contributed by atoms with Crippen molar-refractivity contribution in [2.45, 2.75) is 20.5 Å². The van der Waals surface area contributed by atoms with Crippen molar-refractivity contribution in [2.24, 2.45) is 0 Å². The minimum atomic E-state index is -1.14. The molecule has 5 rings (SSSR count). The second-order valence-electron chi connectivity index (χ2n) is 9.38. The van der Waals surface area contributed by atoms with E-state index in [-0.39, 0.29) is 21.9 Å². The average molecular weight is 631 g/mol. The van der Waals surface area contributed by atoms with Gasteiger partial charge in [0, 0.05) is 21.5 Å². The minimum Gasteiger partial charge on any atom is -0.489 e. The number of benzene rings is 3. The lowest BCUT2D eigenvalue weighted by Gasteiger charge is -2.29. The van der Waals surface area contributed by atoms with Gasteiger partial charge in [0.05, 0.1) is 11.3 Å². The first kappa shape index (κ1) is 28.0. The van der Waals surface area contributed by atoms with Crippen LogP contribution in [0.1, 0.15) is 32.9 Å². The Morgan fingerprint density at radius 1 is 1.00 bits per heavy atom. The normalized spacial score (nSPS) is 14.4. The highest BCUT2D eigenvalue weighted by Crippen LogP contribution is 2.27.